The van der Waals surface area contributed by atoms with Crippen molar-refractivity contribution in [3.05, 3.63) is 28.6 Å². The molecular formula is C9H8BrNOS. The average molecular weight is 258 g/mol. The topological polar surface area (TPSA) is 36.9 Å². The Morgan fingerprint density at radius 1 is 1.77 bits per heavy atom. The predicted octanol–water partition coefficient (Wildman–Crippen LogP) is 3.66. The Bertz CT molecular complexity index is 351. The zero-order chi connectivity index (χ0) is 9.68. The summed E-state index contributed by atoms with van der Waals surface area (Å²) in [5, 5.41) is 8.54. The molecule has 0 N–H and O–H groups in total. The normalized spacial score (nSPS) is 11.3. The minimum Gasteiger partial charge on any atom is -0.449 e. The van der Waals surface area contributed by atoms with E-state index in [1.54, 1.807) is 11.8 Å². The quantitative estimate of drug-likeness (QED) is 0.776. The van der Waals surface area contributed by atoms with Gasteiger partial charge in [-0.2, -0.15) is 5.26 Å². The van der Waals surface area contributed by atoms with Crippen molar-refractivity contribution in [1.82, 2.24) is 0 Å². The van der Waals surface area contributed by atoms with Crippen LogP contribution in [0, 0.1) is 11.3 Å². The van der Waals surface area contributed by atoms with Crippen LogP contribution in [-0.2, 0) is 0 Å². The number of halogens is 1. The van der Waals surface area contributed by atoms with Gasteiger partial charge in [0.15, 0.2) is 4.67 Å². The number of furan rings is 1. The Hall–Kier alpha value is -0.660. The van der Waals surface area contributed by atoms with Crippen molar-refractivity contribution in [2.45, 2.75) is 6.92 Å². The largest absolute Gasteiger partial charge is 0.449 e. The van der Waals surface area contributed by atoms with Crippen molar-refractivity contribution < 1.29 is 4.42 Å². The number of rotatable bonds is 3. The lowest BCUT2D eigenvalue weighted by molar-refractivity contribution is 0.530. The molecule has 4 heteroatoms. The van der Waals surface area contributed by atoms with E-state index in [2.05, 4.69) is 15.9 Å². The van der Waals surface area contributed by atoms with Gasteiger partial charge in [0.2, 0.25) is 0 Å². The maximum Gasteiger partial charge on any atom is 0.169 e. The summed E-state index contributed by atoms with van der Waals surface area (Å²) >= 11 is 4.81. The van der Waals surface area contributed by atoms with Gasteiger partial charge in [0, 0.05) is 6.08 Å². The van der Waals surface area contributed by atoms with E-state index in [1.807, 2.05) is 25.1 Å². The fourth-order valence-electron chi connectivity index (χ4n) is 0.845. The molecule has 0 spiro atoms. The van der Waals surface area contributed by atoms with Gasteiger partial charge >= 0.3 is 0 Å². The first-order chi connectivity index (χ1) is 6.27. The average Bonchev–Trinajstić information content (AvgIpc) is 2.51. The molecule has 0 unspecified atom stereocenters. The van der Waals surface area contributed by atoms with Crippen molar-refractivity contribution in [3.8, 4) is 6.07 Å². The van der Waals surface area contributed by atoms with Crippen molar-refractivity contribution in [3.63, 3.8) is 0 Å². The van der Waals surface area contributed by atoms with Gasteiger partial charge in [-0.05, 0) is 33.8 Å². The Labute approximate surface area is 89.7 Å². The van der Waals surface area contributed by atoms with Gasteiger partial charge in [0.25, 0.3) is 0 Å². The molecule has 13 heavy (non-hydrogen) atoms. The minimum atomic E-state index is 0.683. The molecular weight excluding hydrogens is 250 g/mol. The highest BCUT2D eigenvalue weighted by Gasteiger charge is 2.05. The molecule has 0 bridgehead atoms. The van der Waals surface area contributed by atoms with E-state index in [4.69, 9.17) is 9.68 Å². The second-order valence-electron chi connectivity index (χ2n) is 2.17. The van der Waals surface area contributed by atoms with E-state index in [-0.39, 0.29) is 0 Å². The van der Waals surface area contributed by atoms with E-state index in [0.29, 0.717) is 4.67 Å². The summed E-state index contributed by atoms with van der Waals surface area (Å²) in [6.45, 7) is 2.04. The molecule has 0 saturated heterocycles. The summed E-state index contributed by atoms with van der Waals surface area (Å²) in [7, 11) is 0. The summed E-state index contributed by atoms with van der Waals surface area (Å²) in [4.78, 5) is 0.871. The molecule has 0 atom stereocenters. The van der Waals surface area contributed by atoms with Crippen LogP contribution in [0.3, 0.4) is 0 Å². The number of nitriles is 1. The Morgan fingerprint density at radius 3 is 3.00 bits per heavy atom. The van der Waals surface area contributed by atoms with E-state index >= 15 is 0 Å². The molecule has 2 nitrogen and oxygen atoms in total. The van der Waals surface area contributed by atoms with Crippen molar-refractivity contribution in [2.75, 3.05) is 5.75 Å². The summed E-state index contributed by atoms with van der Waals surface area (Å²) in [6, 6.07) is 5.66. The maximum atomic E-state index is 8.54. The number of hydrogen-bond acceptors (Lipinski definition) is 3. The highest BCUT2D eigenvalue weighted by atomic mass is 79.9. The standard InChI is InChI=1S/C9H8BrNOS/c1-2-13-8(5-6-11)7-3-4-9(10)12-7/h3-5H,2H2,1H3. The third kappa shape index (κ3) is 2.94. The number of hydrogen-bond donors (Lipinski definition) is 0. The zero-order valence-corrected chi connectivity index (χ0v) is 9.48. The van der Waals surface area contributed by atoms with Gasteiger partial charge in [0.1, 0.15) is 5.76 Å². The number of thioether (sulfide) groups is 1. The second-order valence-corrected chi connectivity index (χ2v) is 4.26. The van der Waals surface area contributed by atoms with Crippen LogP contribution < -0.4 is 0 Å². The molecule has 1 aromatic rings. The molecule has 0 radical (unpaired) electrons. The van der Waals surface area contributed by atoms with Gasteiger partial charge < -0.3 is 4.42 Å². The van der Waals surface area contributed by atoms with Gasteiger partial charge in [-0.3, -0.25) is 0 Å². The molecule has 1 aromatic heterocycles. The third-order valence-electron chi connectivity index (χ3n) is 1.31. The van der Waals surface area contributed by atoms with Crippen LogP contribution in [0.5, 0.6) is 0 Å². The maximum absolute atomic E-state index is 8.54. The van der Waals surface area contributed by atoms with Gasteiger partial charge in [-0.1, -0.05) is 6.92 Å². The summed E-state index contributed by atoms with van der Waals surface area (Å²) in [5.41, 5.74) is 0. The smallest absolute Gasteiger partial charge is 0.169 e. The molecule has 0 fully saturated rings. The minimum absolute atomic E-state index is 0.683. The first-order valence-electron chi connectivity index (χ1n) is 3.76. The zero-order valence-electron chi connectivity index (χ0n) is 7.08. The van der Waals surface area contributed by atoms with E-state index < -0.39 is 0 Å². The number of allylic oxidation sites excluding steroid dienone is 1. The molecule has 0 aliphatic rings. The van der Waals surface area contributed by atoms with Crippen LogP contribution in [0.1, 0.15) is 12.7 Å². The second kappa shape index (κ2) is 5.15. The molecule has 68 valence electrons. The molecule has 0 aliphatic heterocycles. The predicted molar refractivity (Wildman–Crippen MR) is 58.1 cm³/mol. The summed E-state index contributed by atoms with van der Waals surface area (Å²) in [5.74, 6) is 1.66. The first-order valence-corrected chi connectivity index (χ1v) is 5.54. The van der Waals surface area contributed by atoms with Crippen molar-refractivity contribution >= 4 is 32.6 Å². The summed E-state index contributed by atoms with van der Waals surface area (Å²) in [6.07, 6.45) is 1.50. The lowest BCUT2D eigenvalue weighted by Crippen LogP contribution is -1.75. The van der Waals surface area contributed by atoms with Gasteiger partial charge in [0.05, 0.1) is 11.0 Å². The Balaban J connectivity index is 2.90. The van der Waals surface area contributed by atoms with Crippen LogP contribution >= 0.6 is 27.7 Å². The van der Waals surface area contributed by atoms with E-state index in [9.17, 15) is 0 Å². The molecule has 0 aliphatic carbocycles. The Morgan fingerprint density at radius 2 is 2.54 bits per heavy atom. The first kappa shape index (κ1) is 10.4. The van der Waals surface area contributed by atoms with Crippen LogP contribution in [0.2, 0.25) is 0 Å². The molecule has 0 amide bonds. The summed E-state index contributed by atoms with van der Waals surface area (Å²) < 4.78 is 6.01. The van der Waals surface area contributed by atoms with Crippen LogP contribution in [0.25, 0.3) is 4.91 Å². The van der Waals surface area contributed by atoms with E-state index in [0.717, 1.165) is 16.4 Å². The van der Waals surface area contributed by atoms with Crippen molar-refractivity contribution in [1.29, 1.82) is 5.26 Å². The van der Waals surface area contributed by atoms with Gasteiger partial charge in [-0.15, -0.1) is 11.8 Å². The third-order valence-corrected chi connectivity index (χ3v) is 2.66. The number of nitrogens with zero attached hydrogens (tertiary/aromatic N) is 1. The fraction of sp³-hybridized carbons (Fsp3) is 0.222. The molecule has 1 heterocycles. The lowest BCUT2D eigenvalue weighted by atomic mass is 10.4. The molecule has 1 rings (SSSR count). The SMILES string of the molecule is CCSC(=CC#N)c1ccc(Br)o1. The monoisotopic (exact) mass is 257 g/mol. The van der Waals surface area contributed by atoms with Crippen molar-refractivity contribution in [2.24, 2.45) is 0 Å². The van der Waals surface area contributed by atoms with Crippen LogP contribution in [0.15, 0.2) is 27.3 Å². The fourth-order valence-corrected chi connectivity index (χ4v) is 1.85. The van der Waals surface area contributed by atoms with Gasteiger partial charge in [-0.25, -0.2) is 0 Å². The highest BCUT2D eigenvalue weighted by molar-refractivity contribution is 9.10. The molecule has 0 aromatic carbocycles. The Kier molecular flexibility index (Phi) is 4.13. The van der Waals surface area contributed by atoms with Crippen LogP contribution in [0.4, 0.5) is 0 Å². The molecule has 0 saturated carbocycles. The lowest BCUT2D eigenvalue weighted by Gasteiger charge is -1.98. The highest BCUT2D eigenvalue weighted by Crippen LogP contribution is 2.29. The van der Waals surface area contributed by atoms with Crippen LogP contribution in [-0.4, -0.2) is 5.75 Å². The van der Waals surface area contributed by atoms with E-state index in [1.165, 1.54) is 6.08 Å².